The van der Waals surface area contributed by atoms with E-state index in [1.54, 1.807) is 0 Å². The second-order valence-corrected chi connectivity index (χ2v) is 16.6. The maximum Gasteiger partial charge on any atom is 0.469 e. The number of phosphoric acid groups is 1. The van der Waals surface area contributed by atoms with E-state index in [0.29, 0.717) is 12.8 Å². The van der Waals surface area contributed by atoms with Crippen LogP contribution in [0.25, 0.3) is 0 Å². The lowest BCUT2D eigenvalue weighted by molar-refractivity contribution is -0.161. The van der Waals surface area contributed by atoms with Gasteiger partial charge < -0.3 is 19.3 Å². The van der Waals surface area contributed by atoms with Crippen LogP contribution in [0.2, 0.25) is 0 Å². The number of carbonyl (C=O) groups excluding carboxylic acids is 2. The van der Waals surface area contributed by atoms with Crippen molar-refractivity contribution in [1.82, 2.24) is 0 Å². The van der Waals surface area contributed by atoms with E-state index in [1.807, 2.05) is 0 Å². The Bertz CT molecular complexity index is 1170. The molecule has 0 saturated heterocycles. The molecule has 0 saturated carbocycles. The van der Waals surface area contributed by atoms with Crippen LogP contribution in [0.15, 0.2) is 72.9 Å². The van der Waals surface area contributed by atoms with E-state index in [0.717, 1.165) is 96.3 Å². The first kappa shape index (κ1) is 55.5. The molecule has 58 heavy (non-hydrogen) atoms. The van der Waals surface area contributed by atoms with Crippen LogP contribution in [0.5, 0.6) is 0 Å². The van der Waals surface area contributed by atoms with Crippen LogP contribution in [-0.2, 0) is 28.2 Å². The van der Waals surface area contributed by atoms with Gasteiger partial charge in [-0.1, -0.05) is 183 Å². The molecule has 0 amide bonds. The average Bonchev–Trinajstić information content (AvgIpc) is 3.20. The highest BCUT2D eigenvalue weighted by molar-refractivity contribution is 7.46. The third-order valence-corrected chi connectivity index (χ3v) is 10.2. The van der Waals surface area contributed by atoms with Crippen molar-refractivity contribution < 1.29 is 37.9 Å². The van der Waals surface area contributed by atoms with Gasteiger partial charge in [0.1, 0.15) is 6.61 Å². The standard InChI is InChI=1S/C49H85O8P/c1-3-5-7-9-11-13-15-17-19-21-23-24-26-27-29-31-33-35-37-39-41-43-48(50)55-45-47(46-56-58(52,53)54)57-49(51)44-42-40-38-36-34-32-30-28-25-22-20-18-16-14-12-10-8-6-4-2/h6,8,12,14-15,17-18,20-21,23,25,28,47H,3-5,7,9-11,13,16,19,22,24,26-27,29-46H2,1-2H3,(H2,52,53,54)/b8-6-,14-12-,17-15-,20-18-,23-21-,28-25-. The van der Waals surface area contributed by atoms with Crippen molar-refractivity contribution in [3.05, 3.63) is 72.9 Å². The Morgan fingerprint density at radius 2 is 0.828 bits per heavy atom. The zero-order valence-electron chi connectivity index (χ0n) is 36.9. The zero-order chi connectivity index (χ0) is 42.5. The summed E-state index contributed by atoms with van der Waals surface area (Å²) in [5.41, 5.74) is 0. The summed E-state index contributed by atoms with van der Waals surface area (Å²) in [6, 6.07) is 0. The lowest BCUT2D eigenvalue weighted by Crippen LogP contribution is -2.29. The van der Waals surface area contributed by atoms with Crippen LogP contribution in [0.4, 0.5) is 0 Å². The lowest BCUT2D eigenvalue weighted by atomic mass is 10.1. The monoisotopic (exact) mass is 833 g/mol. The van der Waals surface area contributed by atoms with Gasteiger partial charge in [0.05, 0.1) is 6.61 Å². The SMILES string of the molecule is CC/C=C\C/C=C\C/C=C\C/C=C\CCCCCCCCC(=O)OC(COC(=O)CCCCCCCCCCC/C=C\C/C=C\CCCCCCC)COP(=O)(O)O. The molecule has 0 aliphatic heterocycles. The quantitative estimate of drug-likeness (QED) is 0.0270. The Balaban J connectivity index is 3.91. The van der Waals surface area contributed by atoms with E-state index >= 15 is 0 Å². The largest absolute Gasteiger partial charge is 0.469 e. The van der Waals surface area contributed by atoms with Crippen molar-refractivity contribution in [2.75, 3.05) is 13.2 Å². The molecule has 1 atom stereocenters. The minimum absolute atomic E-state index is 0.192. The van der Waals surface area contributed by atoms with Crippen LogP contribution >= 0.6 is 7.82 Å². The van der Waals surface area contributed by atoms with Gasteiger partial charge in [-0.3, -0.25) is 14.1 Å². The third kappa shape index (κ3) is 46.2. The first-order valence-electron chi connectivity index (χ1n) is 23.2. The number of hydrogen-bond donors (Lipinski definition) is 2. The van der Waals surface area contributed by atoms with Crippen molar-refractivity contribution in [2.24, 2.45) is 0 Å². The van der Waals surface area contributed by atoms with E-state index in [1.165, 1.54) is 70.6 Å². The van der Waals surface area contributed by atoms with Gasteiger partial charge in [-0.2, -0.15) is 0 Å². The predicted molar refractivity (Wildman–Crippen MR) is 244 cm³/mol. The lowest BCUT2D eigenvalue weighted by Gasteiger charge is -2.18. The van der Waals surface area contributed by atoms with Gasteiger partial charge >= 0.3 is 19.8 Å². The Kier molecular flexibility index (Phi) is 42.1. The topological polar surface area (TPSA) is 119 Å². The van der Waals surface area contributed by atoms with Gasteiger partial charge in [-0.15, -0.1) is 0 Å². The highest BCUT2D eigenvalue weighted by Crippen LogP contribution is 2.36. The summed E-state index contributed by atoms with van der Waals surface area (Å²) >= 11 is 0. The maximum absolute atomic E-state index is 12.4. The fourth-order valence-electron chi connectivity index (χ4n) is 6.28. The Hall–Kier alpha value is -2.51. The summed E-state index contributed by atoms with van der Waals surface area (Å²) in [7, 11) is -4.77. The average molecular weight is 833 g/mol. The van der Waals surface area contributed by atoms with Gasteiger partial charge in [0.15, 0.2) is 6.10 Å². The molecule has 0 aromatic rings. The number of esters is 2. The van der Waals surface area contributed by atoms with E-state index < -0.39 is 32.5 Å². The summed E-state index contributed by atoms with van der Waals surface area (Å²) in [5.74, 6) is -0.907. The van der Waals surface area contributed by atoms with Crippen LogP contribution in [-0.4, -0.2) is 41.0 Å². The summed E-state index contributed by atoms with van der Waals surface area (Å²) in [6.07, 6.45) is 57.6. The normalized spacial score (nSPS) is 13.1. The first-order valence-corrected chi connectivity index (χ1v) is 24.8. The van der Waals surface area contributed by atoms with Crippen molar-refractivity contribution in [2.45, 2.75) is 213 Å². The van der Waals surface area contributed by atoms with Gasteiger partial charge in [0.25, 0.3) is 0 Å². The molecule has 0 radical (unpaired) electrons. The first-order chi connectivity index (χ1) is 28.3. The Morgan fingerprint density at radius 1 is 0.466 bits per heavy atom. The van der Waals surface area contributed by atoms with E-state index in [-0.39, 0.29) is 19.4 Å². The number of unbranched alkanes of at least 4 members (excludes halogenated alkanes) is 20. The maximum atomic E-state index is 12.4. The molecule has 0 fully saturated rings. The molecular weight excluding hydrogens is 748 g/mol. The summed E-state index contributed by atoms with van der Waals surface area (Å²) in [5, 5.41) is 0. The minimum Gasteiger partial charge on any atom is -0.462 e. The van der Waals surface area contributed by atoms with Crippen molar-refractivity contribution in [1.29, 1.82) is 0 Å². The predicted octanol–water partition coefficient (Wildman–Crippen LogP) is 14.6. The molecule has 0 aliphatic rings. The van der Waals surface area contributed by atoms with Crippen LogP contribution < -0.4 is 0 Å². The Morgan fingerprint density at radius 3 is 1.24 bits per heavy atom. The molecule has 1 unspecified atom stereocenters. The van der Waals surface area contributed by atoms with E-state index in [2.05, 4.69) is 91.3 Å². The molecular formula is C49H85O8P. The fraction of sp³-hybridized carbons (Fsp3) is 0.714. The third-order valence-electron chi connectivity index (χ3n) is 9.71. The van der Waals surface area contributed by atoms with Gasteiger partial charge in [-0.05, 0) is 83.5 Å². The molecule has 0 bridgehead atoms. The van der Waals surface area contributed by atoms with Gasteiger partial charge in [0, 0.05) is 12.8 Å². The van der Waals surface area contributed by atoms with Crippen LogP contribution in [0, 0.1) is 0 Å². The summed E-state index contributed by atoms with van der Waals surface area (Å²) in [4.78, 5) is 43.0. The zero-order valence-corrected chi connectivity index (χ0v) is 37.8. The van der Waals surface area contributed by atoms with E-state index in [4.69, 9.17) is 19.3 Å². The highest BCUT2D eigenvalue weighted by Gasteiger charge is 2.22. The molecule has 0 rings (SSSR count). The van der Waals surface area contributed by atoms with Crippen LogP contribution in [0.3, 0.4) is 0 Å². The van der Waals surface area contributed by atoms with Crippen molar-refractivity contribution in [3.63, 3.8) is 0 Å². The number of phosphoric ester groups is 1. The molecule has 9 heteroatoms. The van der Waals surface area contributed by atoms with E-state index in [9.17, 15) is 14.2 Å². The number of rotatable bonds is 42. The molecule has 0 aliphatic carbocycles. The van der Waals surface area contributed by atoms with Gasteiger partial charge in [0.2, 0.25) is 0 Å². The molecule has 8 nitrogen and oxygen atoms in total. The number of carbonyl (C=O) groups is 2. The second-order valence-electron chi connectivity index (χ2n) is 15.3. The molecule has 0 aromatic carbocycles. The molecule has 0 heterocycles. The Labute approximate surface area is 355 Å². The number of hydrogen-bond acceptors (Lipinski definition) is 6. The van der Waals surface area contributed by atoms with Crippen molar-refractivity contribution in [3.8, 4) is 0 Å². The minimum atomic E-state index is -4.77. The van der Waals surface area contributed by atoms with Gasteiger partial charge in [-0.25, -0.2) is 4.57 Å². The molecule has 0 aromatic heterocycles. The van der Waals surface area contributed by atoms with Crippen LogP contribution in [0.1, 0.15) is 206 Å². The molecule has 2 N–H and O–H groups in total. The molecule has 0 spiro atoms. The molecule has 334 valence electrons. The highest BCUT2D eigenvalue weighted by atomic mass is 31.2. The van der Waals surface area contributed by atoms with Crippen molar-refractivity contribution >= 4 is 19.8 Å². The summed E-state index contributed by atoms with van der Waals surface area (Å²) < 4.78 is 26.5. The number of allylic oxidation sites excluding steroid dienone is 12. The fourth-order valence-corrected chi connectivity index (χ4v) is 6.64. The smallest absolute Gasteiger partial charge is 0.462 e. The second kappa shape index (κ2) is 44.1. The summed E-state index contributed by atoms with van der Waals surface area (Å²) in [6.45, 7) is 3.56. The number of ether oxygens (including phenoxy) is 2.